The zero-order chi connectivity index (χ0) is 31.3. The molecule has 1 aromatic rings. The van der Waals surface area contributed by atoms with E-state index in [1.165, 1.54) is 20.8 Å². The number of amides is 1. The summed E-state index contributed by atoms with van der Waals surface area (Å²) in [6.07, 6.45) is -1.59. The monoisotopic (exact) mass is 413 g/mol. The predicted molar refractivity (Wildman–Crippen MR) is 117 cm³/mol. The number of rotatable bonds is 2. The molecule has 0 saturated carbocycles. The van der Waals surface area contributed by atoms with Crippen molar-refractivity contribution in [3.05, 3.63) is 23.8 Å². The van der Waals surface area contributed by atoms with Gasteiger partial charge in [-0.3, -0.25) is 0 Å². The number of piperazine rings is 1. The fourth-order valence-electron chi connectivity index (χ4n) is 2.64. The van der Waals surface area contributed by atoms with E-state index in [-0.39, 0.29) is 20.8 Å². The summed E-state index contributed by atoms with van der Waals surface area (Å²) in [5, 5.41) is 0. The summed E-state index contributed by atoms with van der Waals surface area (Å²) in [6, 6.07) is 3.25. The fourth-order valence-corrected chi connectivity index (χ4v) is 2.64. The first-order chi connectivity index (χ1) is 17.5. The van der Waals surface area contributed by atoms with Gasteiger partial charge in [0, 0.05) is 35.8 Å². The molecule has 0 N–H and O–H groups in total. The van der Waals surface area contributed by atoms with Gasteiger partial charge in [0.25, 0.3) is 0 Å². The molecule has 0 radical (unpaired) electrons. The Morgan fingerprint density at radius 3 is 2.24 bits per heavy atom. The molecule has 1 aromatic carbocycles. The Balaban J connectivity index is 2.25. The van der Waals surface area contributed by atoms with Crippen molar-refractivity contribution in [1.82, 2.24) is 4.90 Å². The van der Waals surface area contributed by atoms with E-state index in [1.54, 1.807) is 27.7 Å². The van der Waals surface area contributed by atoms with E-state index in [1.807, 2.05) is 0 Å². The SMILES string of the molecule is [2H]C([2H])([2H])c1ccc(N2C([2H])([2H])C([2H])([2H])N(C(=O)OC(C)(C)C)C([2H])([2H])C2([2H])[2H])cc1B1OC(C)(C)C(C)(C)O1. The molecule has 0 aromatic heterocycles. The lowest BCUT2D eigenvalue weighted by molar-refractivity contribution is 0.00578. The summed E-state index contributed by atoms with van der Waals surface area (Å²) in [5.74, 6) is 0. The third kappa shape index (κ3) is 4.72. The first-order valence-corrected chi connectivity index (χ1v) is 9.36. The highest BCUT2D eigenvalue weighted by Gasteiger charge is 2.52. The van der Waals surface area contributed by atoms with Crippen LogP contribution in [-0.4, -0.2) is 60.9 Å². The van der Waals surface area contributed by atoms with Crippen molar-refractivity contribution >= 4 is 24.4 Å². The number of hydrogen-bond donors (Lipinski definition) is 0. The van der Waals surface area contributed by atoms with Crippen LogP contribution in [0.25, 0.3) is 0 Å². The zero-order valence-corrected chi connectivity index (χ0v) is 17.8. The van der Waals surface area contributed by atoms with Crippen LogP contribution in [0.3, 0.4) is 0 Å². The first kappa shape index (κ1) is 11.6. The molecule has 0 bridgehead atoms. The quantitative estimate of drug-likeness (QED) is 0.696. The minimum atomic E-state index is -3.47. The third-order valence-corrected chi connectivity index (χ3v) is 4.92. The molecule has 2 saturated heterocycles. The molecule has 160 valence electrons. The third-order valence-electron chi connectivity index (χ3n) is 4.92. The highest BCUT2D eigenvalue weighted by atomic mass is 16.7. The smallest absolute Gasteiger partial charge is 0.444 e. The summed E-state index contributed by atoms with van der Waals surface area (Å²) in [4.78, 5) is 13.0. The van der Waals surface area contributed by atoms with Crippen LogP contribution in [-0.2, 0) is 14.0 Å². The Hall–Kier alpha value is -1.73. The van der Waals surface area contributed by atoms with Gasteiger partial charge in [-0.05, 0) is 72.9 Å². The molecule has 0 aliphatic carbocycles. The minimum absolute atomic E-state index is 0.0848. The van der Waals surface area contributed by atoms with Crippen LogP contribution in [0.2, 0.25) is 0 Å². The molecule has 6 nitrogen and oxygen atoms in total. The zero-order valence-electron chi connectivity index (χ0n) is 28.8. The molecule has 1 amide bonds. The molecule has 2 heterocycles. The number of nitrogens with zero attached hydrogens (tertiary/aromatic N) is 2. The molecule has 29 heavy (non-hydrogen) atoms. The highest BCUT2D eigenvalue weighted by molar-refractivity contribution is 6.62. The van der Waals surface area contributed by atoms with Gasteiger partial charge in [0.2, 0.25) is 0 Å². The van der Waals surface area contributed by atoms with Gasteiger partial charge in [-0.25, -0.2) is 4.79 Å². The van der Waals surface area contributed by atoms with Crippen molar-refractivity contribution in [3.63, 3.8) is 0 Å². The van der Waals surface area contributed by atoms with Crippen molar-refractivity contribution < 1.29 is 33.9 Å². The molecular weight excluding hydrogens is 367 g/mol. The second-order valence-corrected chi connectivity index (χ2v) is 8.96. The standard InChI is InChI=1S/C22H35BN2O4/c1-16-9-10-17(15-18(16)23-28-21(5,6)22(7,8)29-23)24-11-13-25(14-12-24)19(26)27-20(2,3)4/h9-10,15H,11-14H2,1-8H3/i1D3,11D2,12D2,13D2,14D2. The summed E-state index contributed by atoms with van der Waals surface area (Å²) in [5.41, 5.74) is -3.71. The largest absolute Gasteiger partial charge is 0.495 e. The number of hydrogen-bond acceptors (Lipinski definition) is 5. The van der Waals surface area contributed by atoms with Crippen LogP contribution in [0.5, 0.6) is 0 Å². The van der Waals surface area contributed by atoms with E-state index < -0.39 is 68.5 Å². The van der Waals surface area contributed by atoms with E-state index in [9.17, 15) is 4.79 Å². The average molecular weight is 413 g/mol. The van der Waals surface area contributed by atoms with Crippen molar-refractivity contribution in [3.8, 4) is 0 Å². The lowest BCUT2D eigenvalue weighted by Crippen LogP contribution is -2.50. The Labute approximate surface area is 191 Å². The molecule has 0 spiro atoms. The number of benzene rings is 1. The van der Waals surface area contributed by atoms with E-state index in [4.69, 9.17) is 29.1 Å². The summed E-state index contributed by atoms with van der Waals surface area (Å²) >= 11 is 0. The van der Waals surface area contributed by atoms with Crippen molar-refractivity contribution in [2.45, 2.75) is 72.1 Å². The van der Waals surface area contributed by atoms with Gasteiger partial charge in [0.15, 0.2) is 0 Å². The Bertz CT molecular complexity index is 1140. The fraction of sp³-hybridized carbons (Fsp3) is 0.682. The van der Waals surface area contributed by atoms with E-state index >= 15 is 0 Å². The van der Waals surface area contributed by atoms with Crippen molar-refractivity contribution in [2.75, 3.05) is 30.9 Å². The molecule has 0 atom stereocenters. The normalized spacial score (nSPS) is 34.4. The Morgan fingerprint density at radius 1 is 1.14 bits per heavy atom. The second kappa shape index (κ2) is 7.51. The van der Waals surface area contributed by atoms with Crippen LogP contribution < -0.4 is 10.4 Å². The summed E-state index contributed by atoms with van der Waals surface area (Å²) < 4.78 is 110. The number of ether oxygens (including phenoxy) is 1. The maximum absolute atomic E-state index is 12.9. The number of anilines is 1. The van der Waals surface area contributed by atoms with Gasteiger partial charge in [0.1, 0.15) is 5.60 Å². The number of carbonyl (C=O) groups excluding carboxylic acids is 1. The van der Waals surface area contributed by atoms with E-state index in [2.05, 4.69) is 0 Å². The van der Waals surface area contributed by atoms with Crippen LogP contribution in [0.15, 0.2) is 18.2 Å². The van der Waals surface area contributed by atoms with Gasteiger partial charge < -0.3 is 23.8 Å². The summed E-state index contributed by atoms with van der Waals surface area (Å²) in [7, 11) is -1.27. The van der Waals surface area contributed by atoms with Gasteiger partial charge in [0.05, 0.1) is 22.2 Å². The van der Waals surface area contributed by atoms with Crippen molar-refractivity contribution in [1.29, 1.82) is 0 Å². The van der Waals surface area contributed by atoms with Crippen LogP contribution >= 0.6 is 0 Å². The molecule has 0 unspecified atom stereocenters. The molecule has 3 rings (SSSR count). The maximum Gasteiger partial charge on any atom is 0.495 e. The minimum Gasteiger partial charge on any atom is -0.444 e. The molecule has 7 heteroatoms. The molecule has 2 fully saturated rings. The first-order valence-electron chi connectivity index (χ1n) is 14.9. The topological polar surface area (TPSA) is 51.2 Å². The summed E-state index contributed by atoms with van der Waals surface area (Å²) in [6.45, 7) is -5.14. The van der Waals surface area contributed by atoms with Crippen LogP contribution in [0.4, 0.5) is 10.5 Å². The van der Waals surface area contributed by atoms with Gasteiger partial charge in [-0.1, -0.05) is 11.6 Å². The molecule has 2 aliphatic heterocycles. The second-order valence-electron chi connectivity index (χ2n) is 8.96. The number of carbonyl (C=O) groups is 1. The predicted octanol–water partition coefficient (Wildman–Crippen LogP) is 3.35. The average Bonchev–Trinajstić information content (AvgIpc) is 2.91. The van der Waals surface area contributed by atoms with Gasteiger partial charge in [-0.2, -0.15) is 0 Å². The lowest BCUT2D eigenvalue weighted by Gasteiger charge is -2.37. The highest BCUT2D eigenvalue weighted by Crippen LogP contribution is 2.37. The van der Waals surface area contributed by atoms with Crippen LogP contribution in [0, 0.1) is 6.85 Å². The molecular formula is C22H35BN2O4. The van der Waals surface area contributed by atoms with E-state index in [0.29, 0.717) is 0 Å². The van der Waals surface area contributed by atoms with Gasteiger partial charge >= 0.3 is 13.2 Å². The van der Waals surface area contributed by atoms with E-state index in [0.717, 1.165) is 18.2 Å². The lowest BCUT2D eigenvalue weighted by atomic mass is 9.76. The Morgan fingerprint density at radius 2 is 1.72 bits per heavy atom. The molecule has 2 aliphatic rings. The Kier molecular flexibility index (Phi) is 3.01. The number of aryl methyl sites for hydroxylation is 1. The van der Waals surface area contributed by atoms with Gasteiger partial charge in [-0.15, -0.1) is 0 Å². The van der Waals surface area contributed by atoms with Crippen LogP contribution in [0.1, 0.15) is 69.1 Å². The maximum atomic E-state index is 12.9. The van der Waals surface area contributed by atoms with Crippen molar-refractivity contribution in [2.24, 2.45) is 0 Å².